The number of anilines is 1. The number of hydrogen-bond acceptors (Lipinski definition) is 6. The van der Waals surface area contributed by atoms with Gasteiger partial charge in [-0.15, -0.1) is 0 Å². The zero-order valence-electron chi connectivity index (χ0n) is 15.9. The molecule has 3 fully saturated rings. The third-order valence-corrected chi connectivity index (χ3v) is 5.97. The fourth-order valence-corrected chi connectivity index (χ4v) is 4.52. The van der Waals surface area contributed by atoms with Gasteiger partial charge in [0.1, 0.15) is 17.2 Å². The monoisotopic (exact) mass is 383 g/mol. The van der Waals surface area contributed by atoms with E-state index in [1.165, 1.54) is 12.8 Å². The van der Waals surface area contributed by atoms with Gasteiger partial charge in [-0.1, -0.05) is 0 Å². The average molecular weight is 383 g/mol. The molecule has 0 radical (unpaired) electrons. The fraction of sp³-hybridized carbons (Fsp3) is 0.273. The maximum Gasteiger partial charge on any atom is 0.167 e. The maximum atomic E-state index is 5.10. The van der Waals surface area contributed by atoms with Gasteiger partial charge < -0.3 is 10.2 Å². The minimum absolute atomic E-state index is 0.514. The molecule has 2 atom stereocenters. The van der Waals surface area contributed by atoms with Crippen LogP contribution >= 0.6 is 0 Å². The van der Waals surface area contributed by atoms with Gasteiger partial charge in [-0.3, -0.25) is 14.5 Å². The lowest BCUT2D eigenvalue weighted by Crippen LogP contribution is -2.61. The van der Waals surface area contributed by atoms with E-state index in [0.29, 0.717) is 12.1 Å². The first-order chi connectivity index (χ1) is 14.4. The van der Waals surface area contributed by atoms with Crippen molar-refractivity contribution in [1.82, 2.24) is 29.8 Å². The molecule has 0 amide bonds. The van der Waals surface area contributed by atoms with Crippen LogP contribution in [0.2, 0.25) is 0 Å². The van der Waals surface area contributed by atoms with Crippen LogP contribution in [0, 0.1) is 0 Å². The van der Waals surface area contributed by atoms with Gasteiger partial charge >= 0.3 is 0 Å². The summed E-state index contributed by atoms with van der Waals surface area (Å²) in [7, 11) is 0. The van der Waals surface area contributed by atoms with E-state index in [1.807, 2.05) is 30.5 Å². The SMILES string of the molecule is c1cncc(-c2nc3ccc(N4CC5CCC4CN5)nc3n2-c2ccncc2)c1. The van der Waals surface area contributed by atoms with Crippen molar-refractivity contribution in [2.45, 2.75) is 24.9 Å². The summed E-state index contributed by atoms with van der Waals surface area (Å²) >= 11 is 0. The van der Waals surface area contributed by atoms with E-state index in [1.54, 1.807) is 18.6 Å². The lowest BCUT2D eigenvalue weighted by molar-refractivity contribution is 0.289. The Hall–Kier alpha value is -3.32. The smallest absolute Gasteiger partial charge is 0.167 e. The number of imidazole rings is 1. The summed E-state index contributed by atoms with van der Waals surface area (Å²) in [5, 5.41) is 3.62. The molecule has 0 saturated carbocycles. The first-order valence-corrected chi connectivity index (χ1v) is 10.1. The highest BCUT2D eigenvalue weighted by Crippen LogP contribution is 2.31. The number of nitrogens with one attached hydrogen (secondary N) is 1. The molecule has 3 aliphatic rings. The fourth-order valence-electron chi connectivity index (χ4n) is 4.52. The largest absolute Gasteiger partial charge is 0.351 e. The third-order valence-electron chi connectivity index (χ3n) is 5.97. The average Bonchev–Trinajstić information content (AvgIpc) is 3.20. The highest BCUT2D eigenvalue weighted by atomic mass is 15.3. The second-order valence-electron chi connectivity index (χ2n) is 7.72. The molecule has 7 rings (SSSR count). The first kappa shape index (κ1) is 16.6. The van der Waals surface area contributed by atoms with Crippen molar-refractivity contribution >= 4 is 17.0 Å². The number of piperazine rings is 1. The van der Waals surface area contributed by atoms with Crippen molar-refractivity contribution in [2.24, 2.45) is 0 Å². The van der Waals surface area contributed by atoms with Crippen LogP contribution in [0.3, 0.4) is 0 Å². The van der Waals surface area contributed by atoms with Gasteiger partial charge in [0, 0.05) is 55.5 Å². The Labute approximate surface area is 168 Å². The summed E-state index contributed by atoms with van der Waals surface area (Å²) in [6.45, 7) is 2.05. The Morgan fingerprint density at radius 2 is 1.86 bits per heavy atom. The minimum Gasteiger partial charge on any atom is -0.351 e. The van der Waals surface area contributed by atoms with Gasteiger partial charge in [0.15, 0.2) is 5.65 Å². The summed E-state index contributed by atoms with van der Waals surface area (Å²) in [6, 6.07) is 13.2. The lowest BCUT2D eigenvalue weighted by atomic mass is 9.93. The zero-order chi connectivity index (χ0) is 19.2. The Bertz CT molecular complexity index is 1150. The highest BCUT2D eigenvalue weighted by Gasteiger charge is 2.34. The van der Waals surface area contributed by atoms with E-state index < -0.39 is 0 Å². The number of hydrogen-bond donors (Lipinski definition) is 1. The summed E-state index contributed by atoms with van der Waals surface area (Å²) < 4.78 is 2.11. The number of piperidine rings is 2. The molecule has 3 saturated heterocycles. The number of aromatic nitrogens is 5. The van der Waals surface area contributed by atoms with E-state index >= 15 is 0 Å². The van der Waals surface area contributed by atoms with Crippen LogP contribution < -0.4 is 10.2 Å². The van der Waals surface area contributed by atoms with Gasteiger partial charge in [0.2, 0.25) is 0 Å². The Morgan fingerprint density at radius 3 is 2.59 bits per heavy atom. The van der Waals surface area contributed by atoms with E-state index in [0.717, 1.165) is 47.1 Å². The van der Waals surface area contributed by atoms with Crippen LogP contribution in [-0.4, -0.2) is 49.7 Å². The predicted octanol–water partition coefficient (Wildman–Crippen LogP) is 2.82. The van der Waals surface area contributed by atoms with Crippen molar-refractivity contribution in [3.05, 3.63) is 61.2 Å². The molecule has 7 heteroatoms. The van der Waals surface area contributed by atoms with Crippen LogP contribution in [0.25, 0.3) is 28.2 Å². The highest BCUT2D eigenvalue weighted by molar-refractivity contribution is 5.81. The van der Waals surface area contributed by atoms with E-state index in [4.69, 9.17) is 9.97 Å². The molecule has 144 valence electrons. The molecular weight excluding hydrogens is 362 g/mol. The molecular formula is C22H21N7. The van der Waals surface area contributed by atoms with Gasteiger partial charge in [-0.2, -0.15) is 0 Å². The lowest BCUT2D eigenvalue weighted by Gasteiger charge is -2.46. The number of nitrogens with zero attached hydrogens (tertiary/aromatic N) is 6. The van der Waals surface area contributed by atoms with Crippen molar-refractivity contribution in [2.75, 3.05) is 18.0 Å². The Balaban J connectivity index is 1.54. The second-order valence-corrected chi connectivity index (χ2v) is 7.72. The number of rotatable bonds is 3. The summed E-state index contributed by atoms with van der Waals surface area (Å²) in [4.78, 5) is 20.9. The van der Waals surface area contributed by atoms with Crippen LogP contribution in [0.5, 0.6) is 0 Å². The summed E-state index contributed by atoms with van der Waals surface area (Å²) in [5.74, 6) is 1.87. The molecule has 0 aliphatic carbocycles. The van der Waals surface area contributed by atoms with E-state index in [9.17, 15) is 0 Å². The molecule has 4 aromatic heterocycles. The molecule has 2 unspecified atom stereocenters. The molecule has 7 nitrogen and oxygen atoms in total. The van der Waals surface area contributed by atoms with Crippen LogP contribution in [-0.2, 0) is 0 Å². The topological polar surface area (TPSA) is 71.8 Å². The van der Waals surface area contributed by atoms with Gasteiger partial charge in [0.05, 0.1) is 5.69 Å². The quantitative estimate of drug-likeness (QED) is 0.587. The molecule has 0 aromatic carbocycles. The molecule has 3 aliphatic heterocycles. The van der Waals surface area contributed by atoms with Crippen LogP contribution in [0.15, 0.2) is 61.2 Å². The van der Waals surface area contributed by atoms with E-state index in [-0.39, 0.29) is 0 Å². The molecule has 29 heavy (non-hydrogen) atoms. The van der Waals surface area contributed by atoms with Crippen molar-refractivity contribution in [3.8, 4) is 17.1 Å². The normalized spacial score (nSPS) is 21.0. The molecule has 2 bridgehead atoms. The van der Waals surface area contributed by atoms with Crippen molar-refractivity contribution in [1.29, 1.82) is 0 Å². The van der Waals surface area contributed by atoms with Gasteiger partial charge in [-0.05, 0) is 49.2 Å². The van der Waals surface area contributed by atoms with Crippen molar-refractivity contribution in [3.63, 3.8) is 0 Å². The Kier molecular flexibility index (Phi) is 3.80. The standard InChI is InChI=1S/C22H21N7/c1-2-15(12-24-9-1)21-26-19-5-6-20(28-14-16-3-4-18(28)13-25-16)27-22(19)29(21)17-7-10-23-11-8-17/h1-2,5-12,16,18,25H,3-4,13-14H2. The summed E-state index contributed by atoms with van der Waals surface area (Å²) in [5.41, 5.74) is 3.70. The molecule has 1 N–H and O–H groups in total. The molecule has 4 aromatic rings. The third kappa shape index (κ3) is 2.77. The van der Waals surface area contributed by atoms with Crippen LogP contribution in [0.1, 0.15) is 12.8 Å². The second kappa shape index (κ2) is 6.63. The number of pyridine rings is 3. The van der Waals surface area contributed by atoms with E-state index in [2.05, 4.69) is 36.9 Å². The van der Waals surface area contributed by atoms with Gasteiger partial charge in [0.25, 0.3) is 0 Å². The maximum absolute atomic E-state index is 5.10. The molecule has 0 spiro atoms. The Morgan fingerprint density at radius 1 is 0.931 bits per heavy atom. The number of fused-ring (bicyclic) bond motifs is 4. The first-order valence-electron chi connectivity index (χ1n) is 10.1. The van der Waals surface area contributed by atoms with Crippen LogP contribution in [0.4, 0.5) is 5.82 Å². The summed E-state index contributed by atoms with van der Waals surface area (Å²) in [6.07, 6.45) is 9.69. The zero-order valence-corrected chi connectivity index (χ0v) is 15.9. The predicted molar refractivity (Wildman–Crippen MR) is 112 cm³/mol. The molecule has 7 heterocycles. The van der Waals surface area contributed by atoms with Crippen molar-refractivity contribution < 1.29 is 0 Å². The minimum atomic E-state index is 0.514. The van der Waals surface area contributed by atoms with Gasteiger partial charge in [-0.25, -0.2) is 9.97 Å².